The van der Waals surface area contributed by atoms with Gasteiger partial charge in [0, 0.05) is 21.4 Å². The molecule has 0 spiro atoms. The summed E-state index contributed by atoms with van der Waals surface area (Å²) in [5.41, 5.74) is 0. The first-order chi connectivity index (χ1) is 10.5. The van der Waals surface area contributed by atoms with Crippen LogP contribution in [0, 0.1) is 5.82 Å². The van der Waals surface area contributed by atoms with Crippen LogP contribution in [0.25, 0.3) is 0 Å². The average molecular weight is 401 g/mol. The third-order valence-corrected chi connectivity index (χ3v) is 5.18. The Bertz CT molecular complexity index is 848. The van der Waals surface area contributed by atoms with Crippen LogP contribution in [-0.4, -0.2) is 23.9 Å². The van der Waals surface area contributed by atoms with Gasteiger partial charge in [0.2, 0.25) is 0 Å². The second-order valence-corrected chi connectivity index (χ2v) is 9.14. The lowest BCUT2D eigenvalue weighted by Crippen LogP contribution is -1.90. The van der Waals surface area contributed by atoms with Gasteiger partial charge in [-0.15, -0.1) is 0 Å². The molecule has 2 aromatic rings. The lowest BCUT2D eigenvalue weighted by molar-refractivity contribution is 0.414. The highest BCUT2D eigenvalue weighted by atomic mass is 35.7. The van der Waals surface area contributed by atoms with Crippen LogP contribution in [0.15, 0.2) is 58.3 Å². The van der Waals surface area contributed by atoms with E-state index >= 15 is 0 Å². The average Bonchev–Trinajstić information content (AvgIpc) is 2.46. The van der Waals surface area contributed by atoms with Gasteiger partial charge in [0.05, 0.1) is 16.9 Å². The summed E-state index contributed by atoms with van der Waals surface area (Å²) in [5, 5.41) is 0. The molecule has 0 aliphatic carbocycles. The van der Waals surface area contributed by atoms with Gasteiger partial charge in [-0.1, -0.05) is 0 Å². The van der Waals surface area contributed by atoms with E-state index in [1.165, 1.54) is 31.4 Å². The highest BCUT2D eigenvalue weighted by molar-refractivity contribution is 8.14. The van der Waals surface area contributed by atoms with Crippen molar-refractivity contribution >= 4 is 39.5 Å². The number of halogens is 3. The molecular weight excluding hydrogens is 390 g/mol. The molecule has 0 radical (unpaired) electrons. The summed E-state index contributed by atoms with van der Waals surface area (Å²) in [6.07, 6.45) is 0. The minimum Gasteiger partial charge on any atom is -0.497 e. The van der Waals surface area contributed by atoms with Gasteiger partial charge in [0.25, 0.3) is 18.1 Å². The zero-order valence-corrected chi connectivity index (χ0v) is 14.8. The van der Waals surface area contributed by atoms with Crippen LogP contribution in [0.5, 0.6) is 5.75 Å². The predicted octanol–water partition coefficient (Wildman–Crippen LogP) is 3.38. The van der Waals surface area contributed by atoms with Crippen molar-refractivity contribution in [2.45, 2.75) is 9.79 Å². The maximum Gasteiger partial charge on any atom is 0.261 e. The zero-order chi connectivity index (χ0) is 17.7. The molecule has 0 N–H and O–H groups in total. The topological polar surface area (TPSA) is 77.5 Å². The van der Waals surface area contributed by atoms with Gasteiger partial charge < -0.3 is 4.74 Å². The molecule has 126 valence electrons. The van der Waals surface area contributed by atoms with Crippen molar-refractivity contribution in [2.75, 3.05) is 7.11 Å². The Hall–Kier alpha value is -1.35. The van der Waals surface area contributed by atoms with Crippen LogP contribution in [0.2, 0.25) is 0 Å². The Morgan fingerprint density at radius 1 is 0.783 bits per heavy atom. The second-order valence-electron chi connectivity index (χ2n) is 4.01. The first kappa shape index (κ1) is 19.7. The van der Waals surface area contributed by atoms with E-state index in [1.54, 1.807) is 0 Å². The third kappa shape index (κ3) is 6.74. The van der Waals surface area contributed by atoms with E-state index in [0.29, 0.717) is 5.75 Å². The molecule has 0 bridgehead atoms. The highest BCUT2D eigenvalue weighted by Gasteiger charge is 2.09. The first-order valence-electron chi connectivity index (χ1n) is 5.83. The quantitative estimate of drug-likeness (QED) is 0.737. The Balaban J connectivity index is 0.000000231. The minimum atomic E-state index is -3.71. The van der Waals surface area contributed by atoms with Crippen LogP contribution in [0.4, 0.5) is 4.39 Å². The van der Waals surface area contributed by atoms with Crippen molar-refractivity contribution < 1.29 is 26.0 Å². The fourth-order valence-electron chi connectivity index (χ4n) is 1.34. The van der Waals surface area contributed by atoms with Gasteiger partial charge in [0.1, 0.15) is 11.6 Å². The summed E-state index contributed by atoms with van der Waals surface area (Å²) in [4.78, 5) is -0.0227. The van der Waals surface area contributed by atoms with Crippen LogP contribution in [0.1, 0.15) is 0 Å². The van der Waals surface area contributed by atoms with Gasteiger partial charge >= 0.3 is 0 Å². The van der Waals surface area contributed by atoms with Crippen molar-refractivity contribution in [2.24, 2.45) is 0 Å². The molecule has 23 heavy (non-hydrogen) atoms. The molecule has 2 aromatic carbocycles. The van der Waals surface area contributed by atoms with Crippen LogP contribution in [0.3, 0.4) is 0 Å². The molecule has 0 saturated carbocycles. The number of benzene rings is 2. The Kier molecular flexibility index (Phi) is 6.82. The van der Waals surface area contributed by atoms with Crippen LogP contribution < -0.4 is 4.74 Å². The van der Waals surface area contributed by atoms with E-state index in [9.17, 15) is 21.2 Å². The van der Waals surface area contributed by atoms with Gasteiger partial charge in [-0.2, -0.15) is 0 Å². The van der Waals surface area contributed by atoms with Crippen molar-refractivity contribution in [3.8, 4) is 5.75 Å². The summed E-state index contributed by atoms with van der Waals surface area (Å²) < 4.78 is 59.8. The summed E-state index contributed by atoms with van der Waals surface area (Å²) >= 11 is 0. The zero-order valence-electron chi connectivity index (χ0n) is 11.6. The van der Waals surface area contributed by atoms with Crippen molar-refractivity contribution in [1.29, 1.82) is 0 Å². The monoisotopic (exact) mass is 400 g/mol. The lowest BCUT2D eigenvalue weighted by atomic mass is 10.3. The Morgan fingerprint density at radius 2 is 1.13 bits per heavy atom. The maximum absolute atomic E-state index is 12.2. The molecule has 0 heterocycles. The van der Waals surface area contributed by atoms with Gasteiger partial charge in [-0.05, 0) is 48.5 Å². The Labute approximate surface area is 142 Å². The predicted molar refractivity (Wildman–Crippen MR) is 85.5 cm³/mol. The molecule has 0 atom stereocenters. The third-order valence-electron chi connectivity index (χ3n) is 2.44. The Morgan fingerprint density at radius 3 is 1.43 bits per heavy atom. The fourth-order valence-corrected chi connectivity index (χ4v) is 2.87. The molecule has 0 unspecified atom stereocenters. The van der Waals surface area contributed by atoms with E-state index in [1.807, 2.05) is 0 Å². The molecule has 0 aliphatic rings. The van der Waals surface area contributed by atoms with Crippen molar-refractivity contribution in [3.05, 3.63) is 54.3 Å². The summed E-state index contributed by atoms with van der Waals surface area (Å²) in [6, 6.07) is 10.1. The van der Waals surface area contributed by atoms with E-state index < -0.39 is 23.9 Å². The number of ether oxygens (including phenoxy) is 1. The second kappa shape index (κ2) is 7.96. The summed E-state index contributed by atoms with van der Waals surface area (Å²) in [5.74, 6) is 0.105. The summed E-state index contributed by atoms with van der Waals surface area (Å²) in [7, 11) is 4.23. The van der Waals surface area contributed by atoms with Crippen molar-refractivity contribution in [1.82, 2.24) is 0 Å². The fraction of sp³-hybridized carbons (Fsp3) is 0.0769. The molecule has 0 aromatic heterocycles. The number of methoxy groups -OCH3 is 1. The molecule has 10 heteroatoms. The largest absolute Gasteiger partial charge is 0.497 e. The maximum atomic E-state index is 12.2. The van der Waals surface area contributed by atoms with E-state index in [-0.39, 0.29) is 9.79 Å². The highest BCUT2D eigenvalue weighted by Crippen LogP contribution is 2.18. The van der Waals surface area contributed by atoms with Gasteiger partial charge in [-0.3, -0.25) is 0 Å². The molecular formula is C13H11Cl2FO5S2. The number of hydrogen-bond acceptors (Lipinski definition) is 5. The molecule has 0 amide bonds. The van der Waals surface area contributed by atoms with E-state index in [4.69, 9.17) is 26.1 Å². The first-order valence-corrected chi connectivity index (χ1v) is 10.4. The number of rotatable bonds is 3. The van der Waals surface area contributed by atoms with E-state index in [2.05, 4.69) is 0 Å². The van der Waals surface area contributed by atoms with Crippen LogP contribution >= 0.6 is 21.4 Å². The smallest absolute Gasteiger partial charge is 0.261 e. The van der Waals surface area contributed by atoms with Gasteiger partial charge in [0.15, 0.2) is 0 Å². The van der Waals surface area contributed by atoms with Crippen molar-refractivity contribution in [3.63, 3.8) is 0 Å². The lowest BCUT2D eigenvalue weighted by Gasteiger charge is -1.99. The standard InChI is InChI=1S/C7H7ClO3S.C6H4ClFO2S/c1-11-6-2-4-7(5-3-6)12(8,9)10;7-11(9,10)6-3-1-5(8)2-4-6/h2-5H,1H3;1-4H. The van der Waals surface area contributed by atoms with Crippen LogP contribution in [-0.2, 0) is 18.1 Å². The molecule has 5 nitrogen and oxygen atoms in total. The molecule has 2 rings (SSSR count). The minimum absolute atomic E-state index is 0.0740. The van der Waals surface area contributed by atoms with E-state index in [0.717, 1.165) is 24.3 Å². The molecule has 0 saturated heterocycles. The molecule has 0 fully saturated rings. The SMILES string of the molecule is COc1ccc(S(=O)(=O)Cl)cc1.O=S(=O)(Cl)c1ccc(F)cc1. The normalized spacial score (nSPS) is 11.3. The number of hydrogen-bond donors (Lipinski definition) is 0. The summed E-state index contributed by atoms with van der Waals surface area (Å²) in [6.45, 7) is 0. The molecule has 0 aliphatic heterocycles. The van der Waals surface area contributed by atoms with Gasteiger partial charge in [-0.25, -0.2) is 21.2 Å².